The Labute approximate surface area is 178 Å². The van der Waals surface area contributed by atoms with Gasteiger partial charge in [-0.2, -0.15) is 0 Å². The van der Waals surface area contributed by atoms with E-state index in [0.29, 0.717) is 32.7 Å². The highest BCUT2D eigenvalue weighted by Crippen LogP contribution is 2.33. The Bertz CT molecular complexity index is 920. The number of aryl methyl sites for hydroxylation is 1. The molecule has 2 aromatic rings. The van der Waals surface area contributed by atoms with Gasteiger partial charge < -0.3 is 15.0 Å². The maximum Gasteiger partial charge on any atom is 0.254 e. The summed E-state index contributed by atoms with van der Waals surface area (Å²) in [4.78, 5) is 27.5. The molecule has 158 valence electrons. The van der Waals surface area contributed by atoms with Crippen LogP contribution in [0.4, 0.5) is 0 Å². The maximum atomic E-state index is 13.0. The van der Waals surface area contributed by atoms with Gasteiger partial charge in [0.2, 0.25) is 5.91 Å². The van der Waals surface area contributed by atoms with E-state index in [4.69, 9.17) is 4.74 Å². The monoisotopic (exact) mass is 406 g/mol. The smallest absolute Gasteiger partial charge is 0.254 e. The van der Waals surface area contributed by atoms with Crippen molar-refractivity contribution in [1.82, 2.24) is 10.2 Å². The molecule has 5 nitrogen and oxygen atoms in total. The highest BCUT2D eigenvalue weighted by Gasteiger charge is 2.46. The van der Waals surface area contributed by atoms with E-state index in [0.717, 1.165) is 24.0 Å². The molecule has 4 rings (SSSR count). The molecule has 1 unspecified atom stereocenters. The zero-order chi connectivity index (χ0) is 21.1. The van der Waals surface area contributed by atoms with Crippen molar-refractivity contribution in [3.8, 4) is 11.1 Å². The first kappa shape index (κ1) is 20.6. The zero-order valence-electron chi connectivity index (χ0n) is 17.8. The van der Waals surface area contributed by atoms with Crippen LogP contribution in [0.5, 0.6) is 0 Å². The summed E-state index contributed by atoms with van der Waals surface area (Å²) in [5.41, 5.74) is 3.53. The minimum absolute atomic E-state index is 0.138. The highest BCUT2D eigenvalue weighted by molar-refractivity contribution is 5.88. The Hall–Kier alpha value is -2.66. The molecule has 1 saturated heterocycles. The van der Waals surface area contributed by atoms with Gasteiger partial charge in [0.1, 0.15) is 0 Å². The summed E-state index contributed by atoms with van der Waals surface area (Å²) in [5.74, 6) is 0.173. The lowest BCUT2D eigenvalue weighted by molar-refractivity contribution is -0.166. The van der Waals surface area contributed by atoms with E-state index in [1.54, 1.807) is 0 Å². The molecule has 0 spiro atoms. The number of hydrogen-bond donors (Lipinski definition) is 1. The molecule has 1 N–H and O–H groups in total. The third-order valence-electron chi connectivity index (χ3n) is 5.97. The van der Waals surface area contributed by atoms with Crippen LogP contribution in [0.15, 0.2) is 48.5 Å². The predicted molar refractivity (Wildman–Crippen MR) is 117 cm³/mol. The van der Waals surface area contributed by atoms with Crippen molar-refractivity contribution < 1.29 is 14.3 Å². The van der Waals surface area contributed by atoms with Gasteiger partial charge in [-0.05, 0) is 43.4 Å². The quantitative estimate of drug-likeness (QED) is 0.800. The number of morpholine rings is 1. The molecule has 1 heterocycles. The zero-order valence-corrected chi connectivity index (χ0v) is 17.8. The average molecular weight is 407 g/mol. The maximum absolute atomic E-state index is 13.0. The van der Waals surface area contributed by atoms with Gasteiger partial charge in [-0.15, -0.1) is 0 Å². The Balaban J connectivity index is 1.55. The van der Waals surface area contributed by atoms with Crippen molar-refractivity contribution in [3.63, 3.8) is 0 Å². The Morgan fingerprint density at radius 3 is 2.57 bits per heavy atom. The molecule has 1 atom stereocenters. The van der Waals surface area contributed by atoms with Crippen molar-refractivity contribution in [2.75, 3.05) is 26.2 Å². The number of carbonyl (C=O) groups excluding carboxylic acids is 2. The Morgan fingerprint density at radius 1 is 1.13 bits per heavy atom. The molecule has 0 bridgehead atoms. The number of nitrogens with one attached hydrogen (secondary N) is 1. The lowest BCUT2D eigenvalue weighted by atomic mass is 9.90. The SMILES string of the molecule is CCNC(=O)C1(Cc2ccc(-c3cccc(C)c3)cc2)CN(C(=O)C2CC2)CCO1. The Kier molecular flexibility index (Phi) is 5.91. The van der Waals surface area contributed by atoms with Gasteiger partial charge in [-0.25, -0.2) is 0 Å². The lowest BCUT2D eigenvalue weighted by Crippen LogP contribution is -2.62. The van der Waals surface area contributed by atoms with E-state index in [2.05, 4.69) is 60.8 Å². The van der Waals surface area contributed by atoms with Gasteiger partial charge in [0.05, 0.1) is 13.2 Å². The van der Waals surface area contributed by atoms with E-state index in [9.17, 15) is 9.59 Å². The van der Waals surface area contributed by atoms with Crippen LogP contribution >= 0.6 is 0 Å². The molecule has 1 saturated carbocycles. The standard InChI is InChI=1S/C25H30N2O3/c1-3-26-24(29)25(17-27(13-14-30-25)23(28)21-11-12-21)16-19-7-9-20(10-8-19)22-6-4-5-18(2)15-22/h4-10,15,21H,3,11-14,16-17H2,1-2H3,(H,26,29). The van der Waals surface area contributed by atoms with Gasteiger partial charge in [0, 0.05) is 25.4 Å². The van der Waals surface area contributed by atoms with Crippen molar-refractivity contribution in [2.45, 2.75) is 38.7 Å². The number of rotatable bonds is 6. The van der Waals surface area contributed by atoms with E-state index in [1.165, 1.54) is 11.1 Å². The fourth-order valence-corrected chi connectivity index (χ4v) is 4.18. The molecular weight excluding hydrogens is 376 g/mol. The molecule has 2 aliphatic rings. The van der Waals surface area contributed by atoms with Crippen molar-refractivity contribution in [2.24, 2.45) is 5.92 Å². The van der Waals surface area contributed by atoms with Crippen LogP contribution in [-0.2, 0) is 20.7 Å². The number of benzene rings is 2. The first-order valence-corrected chi connectivity index (χ1v) is 10.9. The highest BCUT2D eigenvalue weighted by atomic mass is 16.5. The van der Waals surface area contributed by atoms with Crippen LogP contribution in [0, 0.1) is 12.8 Å². The number of amides is 2. The van der Waals surface area contributed by atoms with E-state index in [1.807, 2.05) is 11.8 Å². The summed E-state index contributed by atoms with van der Waals surface area (Å²) in [5, 5.41) is 2.92. The minimum atomic E-state index is -1.04. The van der Waals surface area contributed by atoms with E-state index < -0.39 is 5.60 Å². The summed E-state index contributed by atoms with van der Waals surface area (Å²) in [6, 6.07) is 16.7. The third-order valence-corrected chi connectivity index (χ3v) is 5.97. The molecule has 30 heavy (non-hydrogen) atoms. The van der Waals surface area contributed by atoms with Gasteiger partial charge in [0.25, 0.3) is 5.91 Å². The van der Waals surface area contributed by atoms with Gasteiger partial charge in [-0.1, -0.05) is 54.1 Å². The van der Waals surface area contributed by atoms with Crippen LogP contribution in [-0.4, -0.2) is 48.6 Å². The number of hydrogen-bond acceptors (Lipinski definition) is 3. The van der Waals surface area contributed by atoms with E-state index in [-0.39, 0.29) is 17.7 Å². The topological polar surface area (TPSA) is 58.6 Å². The first-order chi connectivity index (χ1) is 14.5. The second-order valence-corrected chi connectivity index (χ2v) is 8.48. The van der Waals surface area contributed by atoms with Gasteiger partial charge in [0.15, 0.2) is 5.60 Å². The number of ether oxygens (including phenoxy) is 1. The summed E-state index contributed by atoms with van der Waals surface area (Å²) < 4.78 is 6.09. The molecule has 2 amide bonds. The molecule has 2 aromatic carbocycles. The summed E-state index contributed by atoms with van der Waals surface area (Å²) in [6.07, 6.45) is 2.37. The second kappa shape index (κ2) is 8.60. The summed E-state index contributed by atoms with van der Waals surface area (Å²) in [6.45, 7) is 5.78. The summed E-state index contributed by atoms with van der Waals surface area (Å²) >= 11 is 0. The van der Waals surface area contributed by atoms with Crippen LogP contribution in [0.2, 0.25) is 0 Å². The van der Waals surface area contributed by atoms with Gasteiger partial charge in [-0.3, -0.25) is 9.59 Å². The van der Waals surface area contributed by atoms with Crippen LogP contribution in [0.1, 0.15) is 30.9 Å². The van der Waals surface area contributed by atoms with Crippen molar-refractivity contribution in [3.05, 3.63) is 59.7 Å². The molecule has 1 aliphatic carbocycles. The lowest BCUT2D eigenvalue weighted by Gasteiger charge is -2.41. The number of carbonyl (C=O) groups is 2. The van der Waals surface area contributed by atoms with Crippen LogP contribution in [0.25, 0.3) is 11.1 Å². The Morgan fingerprint density at radius 2 is 1.90 bits per heavy atom. The number of likely N-dealkylation sites (N-methyl/N-ethyl adjacent to an activating group) is 1. The largest absolute Gasteiger partial charge is 0.361 e. The van der Waals surface area contributed by atoms with Crippen LogP contribution in [0.3, 0.4) is 0 Å². The van der Waals surface area contributed by atoms with Gasteiger partial charge >= 0.3 is 0 Å². The van der Waals surface area contributed by atoms with Crippen molar-refractivity contribution in [1.29, 1.82) is 0 Å². The normalized spacial score (nSPS) is 21.3. The van der Waals surface area contributed by atoms with E-state index >= 15 is 0 Å². The third kappa shape index (κ3) is 4.41. The van der Waals surface area contributed by atoms with Crippen LogP contribution < -0.4 is 5.32 Å². The average Bonchev–Trinajstić information content (AvgIpc) is 3.59. The van der Waals surface area contributed by atoms with Crippen molar-refractivity contribution >= 4 is 11.8 Å². The number of nitrogens with zero attached hydrogens (tertiary/aromatic N) is 1. The molecule has 1 aliphatic heterocycles. The molecule has 5 heteroatoms. The second-order valence-electron chi connectivity index (χ2n) is 8.48. The first-order valence-electron chi connectivity index (χ1n) is 10.9. The fraction of sp³-hybridized carbons (Fsp3) is 0.440. The molecule has 0 radical (unpaired) electrons. The fourth-order valence-electron chi connectivity index (χ4n) is 4.18. The minimum Gasteiger partial charge on any atom is -0.361 e. The molecule has 2 fully saturated rings. The summed E-state index contributed by atoms with van der Waals surface area (Å²) in [7, 11) is 0. The molecule has 0 aromatic heterocycles. The molecular formula is C25H30N2O3. The predicted octanol–water partition coefficient (Wildman–Crippen LogP) is 3.35.